The van der Waals surface area contributed by atoms with Gasteiger partial charge in [-0.25, -0.2) is 9.37 Å². The van der Waals surface area contributed by atoms with Crippen LogP contribution in [-0.2, 0) is 6.54 Å². The summed E-state index contributed by atoms with van der Waals surface area (Å²) in [7, 11) is 0. The highest BCUT2D eigenvalue weighted by Crippen LogP contribution is 2.05. The third-order valence-corrected chi connectivity index (χ3v) is 2.65. The van der Waals surface area contributed by atoms with Crippen molar-refractivity contribution in [1.29, 1.82) is 0 Å². The number of nitrogens with one attached hydrogen (secondary N) is 1. The second-order valence-corrected chi connectivity index (χ2v) is 4.20. The lowest BCUT2D eigenvalue weighted by Crippen LogP contribution is -2.23. The molecule has 1 aromatic heterocycles. The smallest absolute Gasteiger partial charge is 0.270 e. The van der Waals surface area contributed by atoms with Crippen molar-refractivity contribution >= 4 is 5.91 Å². The summed E-state index contributed by atoms with van der Waals surface area (Å²) in [5, 5.41) is 11.4. The van der Waals surface area contributed by atoms with E-state index >= 15 is 0 Å². The molecule has 0 aliphatic heterocycles. The molecule has 5 heteroatoms. The molecule has 0 spiro atoms. The van der Waals surface area contributed by atoms with E-state index in [0.29, 0.717) is 6.54 Å². The third kappa shape index (κ3) is 4.41. The first-order chi connectivity index (χ1) is 10.2. The molecule has 0 bridgehead atoms. The Kier molecular flexibility index (Phi) is 5.02. The molecule has 106 valence electrons. The highest BCUT2D eigenvalue weighted by atomic mass is 19.1. The summed E-state index contributed by atoms with van der Waals surface area (Å²) < 4.78 is 12.7. The molecular formula is C16H13FN2O2. The lowest BCUT2D eigenvalue weighted by molar-refractivity contribution is 0.0946. The summed E-state index contributed by atoms with van der Waals surface area (Å²) in [5.41, 5.74) is 1.79. The van der Waals surface area contributed by atoms with Crippen LogP contribution in [0, 0.1) is 17.7 Å². The van der Waals surface area contributed by atoms with Crippen molar-refractivity contribution in [2.75, 3.05) is 6.61 Å². The number of halogens is 1. The van der Waals surface area contributed by atoms with Crippen molar-refractivity contribution in [2.24, 2.45) is 0 Å². The highest BCUT2D eigenvalue weighted by Gasteiger charge is 2.06. The molecular weight excluding hydrogens is 271 g/mol. The number of nitrogens with zero attached hydrogens (tertiary/aromatic N) is 1. The number of aromatic nitrogens is 1. The minimum Gasteiger partial charge on any atom is -0.384 e. The number of benzene rings is 1. The Balaban J connectivity index is 1.99. The number of carbonyl (C=O) groups is 1. The average molecular weight is 284 g/mol. The van der Waals surface area contributed by atoms with Crippen LogP contribution in [0.15, 0.2) is 42.6 Å². The van der Waals surface area contributed by atoms with Gasteiger partial charge in [0.15, 0.2) is 0 Å². The van der Waals surface area contributed by atoms with E-state index in [4.69, 9.17) is 5.11 Å². The topological polar surface area (TPSA) is 62.2 Å². The fraction of sp³-hybridized carbons (Fsp3) is 0.125. The number of rotatable bonds is 3. The predicted molar refractivity (Wildman–Crippen MR) is 75.8 cm³/mol. The zero-order valence-electron chi connectivity index (χ0n) is 11.1. The van der Waals surface area contributed by atoms with Crippen molar-refractivity contribution in [3.63, 3.8) is 0 Å². The molecule has 0 fully saturated rings. The lowest BCUT2D eigenvalue weighted by atomic mass is 10.1. The number of carbonyl (C=O) groups excluding carboxylic acids is 1. The summed E-state index contributed by atoms with van der Waals surface area (Å²) in [5.74, 6) is 4.50. The second-order valence-electron chi connectivity index (χ2n) is 4.20. The number of amides is 1. The molecule has 2 aromatic rings. The Morgan fingerprint density at radius 1 is 1.33 bits per heavy atom. The summed E-state index contributed by atoms with van der Waals surface area (Å²) >= 11 is 0. The summed E-state index contributed by atoms with van der Waals surface area (Å²) in [4.78, 5) is 15.5. The molecule has 1 aromatic carbocycles. The maximum atomic E-state index is 12.7. The van der Waals surface area contributed by atoms with Crippen LogP contribution in [0.3, 0.4) is 0 Å². The van der Waals surface area contributed by atoms with Gasteiger partial charge in [-0.05, 0) is 29.8 Å². The molecule has 4 nitrogen and oxygen atoms in total. The van der Waals surface area contributed by atoms with Crippen LogP contribution < -0.4 is 5.32 Å². The summed E-state index contributed by atoms with van der Waals surface area (Å²) in [6.45, 7) is 0.115. The molecule has 0 aliphatic carbocycles. The van der Waals surface area contributed by atoms with Crippen LogP contribution in [0.4, 0.5) is 4.39 Å². The number of hydrogen-bond donors (Lipinski definition) is 2. The Morgan fingerprint density at radius 3 is 2.90 bits per heavy atom. The molecule has 0 atom stereocenters. The van der Waals surface area contributed by atoms with Crippen molar-refractivity contribution in [1.82, 2.24) is 10.3 Å². The van der Waals surface area contributed by atoms with Gasteiger partial charge >= 0.3 is 0 Å². The minimum atomic E-state index is -0.485. The van der Waals surface area contributed by atoms with Gasteiger partial charge in [-0.2, -0.15) is 0 Å². The number of pyridine rings is 1. The molecule has 0 saturated heterocycles. The molecule has 2 N–H and O–H groups in total. The van der Waals surface area contributed by atoms with E-state index in [2.05, 4.69) is 22.1 Å². The Morgan fingerprint density at radius 2 is 2.19 bits per heavy atom. The molecule has 21 heavy (non-hydrogen) atoms. The van der Waals surface area contributed by atoms with Crippen molar-refractivity contribution < 1.29 is 14.3 Å². The van der Waals surface area contributed by atoms with E-state index in [0.717, 1.165) is 17.3 Å². The van der Waals surface area contributed by atoms with Crippen molar-refractivity contribution in [3.8, 4) is 11.8 Å². The summed E-state index contributed by atoms with van der Waals surface area (Å²) in [6.07, 6.45) is 1.00. The monoisotopic (exact) mass is 284 g/mol. The molecule has 0 radical (unpaired) electrons. The van der Waals surface area contributed by atoms with Gasteiger partial charge in [-0.1, -0.05) is 24.0 Å². The minimum absolute atomic E-state index is 0.160. The van der Waals surface area contributed by atoms with Gasteiger partial charge in [-0.3, -0.25) is 4.79 Å². The number of hydrogen-bond acceptors (Lipinski definition) is 3. The van der Waals surface area contributed by atoms with Gasteiger partial charge in [0.2, 0.25) is 0 Å². The van der Waals surface area contributed by atoms with E-state index in [1.807, 2.05) is 24.3 Å². The quantitative estimate of drug-likeness (QED) is 0.840. The Hall–Kier alpha value is -2.71. The van der Waals surface area contributed by atoms with Crippen LogP contribution in [0.2, 0.25) is 0 Å². The van der Waals surface area contributed by atoms with Gasteiger partial charge in [-0.15, -0.1) is 0 Å². The standard InChI is InChI=1S/C16H13FN2O2/c17-14-6-7-15(18-11-14)16(21)19-10-13-4-1-3-12(9-13)5-2-8-20/h1,3-4,6-7,9,11,20H,8,10H2,(H,19,21). The highest BCUT2D eigenvalue weighted by molar-refractivity contribution is 5.92. The van der Waals surface area contributed by atoms with Gasteiger partial charge < -0.3 is 10.4 Å². The zero-order valence-corrected chi connectivity index (χ0v) is 11.1. The van der Waals surface area contributed by atoms with Gasteiger partial charge in [0.25, 0.3) is 5.91 Å². The van der Waals surface area contributed by atoms with Gasteiger partial charge in [0.05, 0.1) is 6.20 Å². The van der Waals surface area contributed by atoms with Crippen LogP contribution >= 0.6 is 0 Å². The fourth-order valence-electron chi connectivity index (χ4n) is 1.68. The van der Waals surface area contributed by atoms with Crippen LogP contribution in [0.25, 0.3) is 0 Å². The SMILES string of the molecule is O=C(NCc1cccc(C#CCO)c1)c1ccc(F)cn1. The molecule has 0 saturated carbocycles. The first-order valence-corrected chi connectivity index (χ1v) is 6.27. The largest absolute Gasteiger partial charge is 0.384 e. The van der Waals surface area contributed by atoms with Crippen LogP contribution in [0.1, 0.15) is 21.6 Å². The Labute approximate surface area is 121 Å². The molecule has 1 amide bonds. The van der Waals surface area contributed by atoms with Crippen molar-refractivity contribution in [3.05, 3.63) is 65.2 Å². The van der Waals surface area contributed by atoms with E-state index in [-0.39, 0.29) is 18.2 Å². The molecule has 0 unspecified atom stereocenters. The average Bonchev–Trinajstić information content (AvgIpc) is 2.52. The van der Waals surface area contributed by atoms with E-state index < -0.39 is 5.82 Å². The zero-order chi connectivity index (χ0) is 15.1. The van der Waals surface area contributed by atoms with Crippen molar-refractivity contribution in [2.45, 2.75) is 6.54 Å². The lowest BCUT2D eigenvalue weighted by Gasteiger charge is -2.05. The van der Waals surface area contributed by atoms with E-state index in [1.165, 1.54) is 12.1 Å². The number of aliphatic hydroxyl groups excluding tert-OH is 1. The maximum absolute atomic E-state index is 12.7. The predicted octanol–water partition coefficient (Wildman–Crippen LogP) is 1.49. The van der Waals surface area contributed by atoms with Crippen LogP contribution in [-0.4, -0.2) is 22.6 Å². The van der Waals surface area contributed by atoms with E-state index in [9.17, 15) is 9.18 Å². The van der Waals surface area contributed by atoms with Gasteiger partial charge in [0, 0.05) is 12.1 Å². The first-order valence-electron chi connectivity index (χ1n) is 6.27. The molecule has 1 heterocycles. The Bertz CT molecular complexity index is 687. The van der Waals surface area contributed by atoms with Gasteiger partial charge in [0.1, 0.15) is 18.1 Å². The fourth-order valence-corrected chi connectivity index (χ4v) is 1.68. The molecule has 0 aliphatic rings. The van der Waals surface area contributed by atoms with Crippen LogP contribution in [0.5, 0.6) is 0 Å². The molecule has 2 rings (SSSR count). The normalized spacial score (nSPS) is 9.62. The first kappa shape index (κ1) is 14.7. The maximum Gasteiger partial charge on any atom is 0.270 e. The number of aliphatic hydroxyl groups is 1. The van der Waals surface area contributed by atoms with E-state index in [1.54, 1.807) is 0 Å². The summed E-state index contributed by atoms with van der Waals surface area (Å²) in [6, 6.07) is 9.82. The third-order valence-electron chi connectivity index (χ3n) is 2.65. The second kappa shape index (κ2) is 7.17.